The molecule has 0 aromatic heterocycles. The van der Waals surface area contributed by atoms with Crippen LogP contribution in [-0.2, 0) is 32.1 Å². The molecule has 0 fully saturated rings. The Morgan fingerprint density at radius 1 is 1.05 bits per heavy atom. The van der Waals surface area contributed by atoms with E-state index in [4.69, 9.17) is 9.47 Å². The number of rotatable bonds is 10. The van der Waals surface area contributed by atoms with Gasteiger partial charge in [-0.05, 0) is 18.2 Å². The summed E-state index contributed by atoms with van der Waals surface area (Å²) < 4.78 is 10.2. The van der Waals surface area contributed by atoms with Gasteiger partial charge >= 0.3 is 5.97 Å². The number of carbonyl (C=O) groups is 2. The molecule has 6 nitrogen and oxygen atoms in total. The molecular formula is C16H24N2O4. The molecule has 0 heterocycles. The summed E-state index contributed by atoms with van der Waals surface area (Å²) in [6.07, 6.45) is 0.324. The van der Waals surface area contributed by atoms with Gasteiger partial charge in [0.05, 0.1) is 19.6 Å². The van der Waals surface area contributed by atoms with E-state index in [0.717, 1.165) is 17.7 Å². The van der Waals surface area contributed by atoms with Crippen LogP contribution in [0.25, 0.3) is 0 Å². The molecule has 0 radical (unpaired) electrons. The van der Waals surface area contributed by atoms with Gasteiger partial charge in [-0.25, -0.2) is 0 Å². The highest BCUT2D eigenvalue weighted by molar-refractivity contribution is 5.78. The van der Waals surface area contributed by atoms with Crippen molar-refractivity contribution in [2.45, 2.75) is 20.0 Å². The Labute approximate surface area is 131 Å². The Hall–Kier alpha value is -1.92. The molecule has 0 aliphatic heterocycles. The van der Waals surface area contributed by atoms with Crippen LogP contribution in [0.5, 0.6) is 0 Å². The van der Waals surface area contributed by atoms with Crippen molar-refractivity contribution >= 4 is 11.9 Å². The highest BCUT2D eigenvalue weighted by atomic mass is 16.5. The quantitative estimate of drug-likeness (QED) is 0.490. The van der Waals surface area contributed by atoms with E-state index in [1.807, 2.05) is 31.3 Å². The number of ether oxygens (including phenoxy) is 2. The first kappa shape index (κ1) is 18.1. The topological polar surface area (TPSA) is 76.7 Å². The summed E-state index contributed by atoms with van der Waals surface area (Å²) in [6.45, 7) is 4.08. The Morgan fingerprint density at radius 2 is 1.68 bits per heavy atom. The zero-order chi connectivity index (χ0) is 16.2. The van der Waals surface area contributed by atoms with Gasteiger partial charge in [-0.2, -0.15) is 0 Å². The van der Waals surface area contributed by atoms with Gasteiger partial charge in [0, 0.05) is 20.0 Å². The zero-order valence-corrected chi connectivity index (χ0v) is 13.2. The Kier molecular flexibility index (Phi) is 8.86. The largest absolute Gasteiger partial charge is 0.461 e. The van der Waals surface area contributed by atoms with Gasteiger partial charge in [-0.15, -0.1) is 0 Å². The number of carbonyl (C=O) groups excluding carboxylic acids is 2. The molecule has 122 valence electrons. The second kappa shape index (κ2) is 10.8. The average molecular weight is 308 g/mol. The van der Waals surface area contributed by atoms with Crippen molar-refractivity contribution in [3.63, 3.8) is 0 Å². The van der Waals surface area contributed by atoms with Crippen LogP contribution in [0.2, 0.25) is 0 Å². The van der Waals surface area contributed by atoms with Gasteiger partial charge in [0.25, 0.3) is 0 Å². The maximum Gasteiger partial charge on any atom is 0.302 e. The van der Waals surface area contributed by atoms with Crippen LogP contribution in [0.1, 0.15) is 18.1 Å². The number of nitrogens with one attached hydrogen (secondary N) is 2. The fourth-order valence-corrected chi connectivity index (χ4v) is 1.73. The second-order valence-electron chi connectivity index (χ2n) is 4.84. The van der Waals surface area contributed by atoms with Crippen molar-refractivity contribution in [3.8, 4) is 0 Å². The van der Waals surface area contributed by atoms with Crippen molar-refractivity contribution < 1.29 is 19.1 Å². The third kappa shape index (κ3) is 8.39. The highest BCUT2D eigenvalue weighted by Crippen LogP contribution is 2.06. The molecule has 1 amide bonds. The summed E-state index contributed by atoms with van der Waals surface area (Å²) in [4.78, 5) is 22.5. The van der Waals surface area contributed by atoms with Gasteiger partial charge in [0.1, 0.15) is 6.61 Å². The van der Waals surface area contributed by atoms with Gasteiger partial charge in [0.2, 0.25) is 5.91 Å². The minimum atomic E-state index is -0.305. The molecule has 0 spiro atoms. The van der Waals surface area contributed by atoms with Crippen molar-refractivity contribution in [3.05, 3.63) is 35.4 Å². The Balaban J connectivity index is 2.22. The van der Waals surface area contributed by atoms with Crippen LogP contribution in [0.3, 0.4) is 0 Å². The molecular weight excluding hydrogens is 284 g/mol. The van der Waals surface area contributed by atoms with Gasteiger partial charge in [-0.3, -0.25) is 9.59 Å². The number of esters is 1. The Morgan fingerprint density at radius 3 is 2.32 bits per heavy atom. The normalized spacial score (nSPS) is 10.3. The van der Waals surface area contributed by atoms with E-state index in [1.165, 1.54) is 6.92 Å². The number of hydrogen-bond donors (Lipinski definition) is 2. The molecule has 1 aromatic carbocycles. The SMILES string of the molecule is CNCCOCCNC(=O)Cc1ccc(COC(C)=O)cc1. The van der Waals surface area contributed by atoms with Gasteiger partial charge in [0.15, 0.2) is 0 Å². The van der Waals surface area contributed by atoms with E-state index in [0.29, 0.717) is 26.2 Å². The summed E-state index contributed by atoms with van der Waals surface area (Å²) in [5.41, 5.74) is 1.82. The molecule has 0 bridgehead atoms. The lowest BCUT2D eigenvalue weighted by Crippen LogP contribution is -2.29. The van der Waals surface area contributed by atoms with Crippen molar-refractivity contribution in [2.75, 3.05) is 33.4 Å². The Bertz CT molecular complexity index is 460. The third-order valence-electron chi connectivity index (χ3n) is 2.89. The van der Waals surface area contributed by atoms with Crippen molar-refractivity contribution in [1.29, 1.82) is 0 Å². The summed E-state index contributed by atoms with van der Waals surface area (Å²) in [6, 6.07) is 7.43. The molecule has 0 atom stereocenters. The van der Waals surface area contributed by atoms with Crippen LogP contribution >= 0.6 is 0 Å². The highest BCUT2D eigenvalue weighted by Gasteiger charge is 2.03. The predicted molar refractivity (Wildman–Crippen MR) is 83.4 cm³/mol. The number of benzene rings is 1. The zero-order valence-electron chi connectivity index (χ0n) is 13.2. The first-order valence-corrected chi connectivity index (χ1v) is 7.32. The molecule has 22 heavy (non-hydrogen) atoms. The fraction of sp³-hybridized carbons (Fsp3) is 0.500. The standard InChI is InChI=1S/C16H24N2O4/c1-13(19)22-12-15-5-3-14(4-6-15)11-16(20)18-8-10-21-9-7-17-2/h3-6,17H,7-12H2,1-2H3,(H,18,20). The molecule has 1 aromatic rings. The lowest BCUT2D eigenvalue weighted by Gasteiger charge is -2.07. The van der Waals surface area contributed by atoms with Crippen molar-refractivity contribution in [1.82, 2.24) is 10.6 Å². The molecule has 0 aliphatic rings. The molecule has 2 N–H and O–H groups in total. The predicted octanol–water partition coefficient (Wildman–Crippen LogP) is 0.644. The van der Waals surface area contributed by atoms with E-state index < -0.39 is 0 Å². The van der Waals surface area contributed by atoms with Crippen LogP contribution < -0.4 is 10.6 Å². The summed E-state index contributed by atoms with van der Waals surface area (Å²) in [5, 5.41) is 5.79. The molecule has 6 heteroatoms. The summed E-state index contributed by atoms with van der Waals surface area (Å²) in [5.74, 6) is -0.342. The van der Waals surface area contributed by atoms with E-state index in [-0.39, 0.29) is 18.5 Å². The minimum Gasteiger partial charge on any atom is -0.461 e. The van der Waals surface area contributed by atoms with E-state index in [9.17, 15) is 9.59 Å². The first-order valence-electron chi connectivity index (χ1n) is 7.32. The second-order valence-corrected chi connectivity index (χ2v) is 4.84. The molecule has 0 saturated carbocycles. The molecule has 0 saturated heterocycles. The van der Waals surface area contributed by atoms with E-state index >= 15 is 0 Å². The van der Waals surface area contributed by atoms with Gasteiger partial charge in [-0.1, -0.05) is 24.3 Å². The molecule has 0 aliphatic carbocycles. The lowest BCUT2D eigenvalue weighted by molar-refractivity contribution is -0.142. The first-order chi connectivity index (χ1) is 10.6. The van der Waals surface area contributed by atoms with Crippen LogP contribution in [-0.4, -0.2) is 45.2 Å². The lowest BCUT2D eigenvalue weighted by atomic mass is 10.1. The maximum atomic E-state index is 11.8. The summed E-state index contributed by atoms with van der Waals surface area (Å²) in [7, 11) is 1.86. The van der Waals surface area contributed by atoms with Crippen molar-refractivity contribution in [2.24, 2.45) is 0 Å². The third-order valence-corrected chi connectivity index (χ3v) is 2.89. The van der Waals surface area contributed by atoms with Crippen LogP contribution in [0, 0.1) is 0 Å². The fourth-order valence-electron chi connectivity index (χ4n) is 1.73. The average Bonchev–Trinajstić information content (AvgIpc) is 2.50. The van der Waals surface area contributed by atoms with E-state index in [2.05, 4.69) is 10.6 Å². The smallest absolute Gasteiger partial charge is 0.302 e. The van der Waals surface area contributed by atoms with Crippen LogP contribution in [0.15, 0.2) is 24.3 Å². The van der Waals surface area contributed by atoms with Crippen LogP contribution in [0.4, 0.5) is 0 Å². The number of likely N-dealkylation sites (N-methyl/N-ethyl adjacent to an activating group) is 1. The molecule has 0 unspecified atom stereocenters. The maximum absolute atomic E-state index is 11.8. The monoisotopic (exact) mass is 308 g/mol. The number of amides is 1. The summed E-state index contributed by atoms with van der Waals surface area (Å²) >= 11 is 0. The van der Waals surface area contributed by atoms with E-state index in [1.54, 1.807) is 0 Å². The minimum absolute atomic E-state index is 0.0371. The molecule has 1 rings (SSSR count). The van der Waals surface area contributed by atoms with Gasteiger partial charge < -0.3 is 20.1 Å². The number of hydrogen-bond acceptors (Lipinski definition) is 5.